The van der Waals surface area contributed by atoms with Crippen LogP contribution in [0.4, 0.5) is 0 Å². The summed E-state index contributed by atoms with van der Waals surface area (Å²) in [5.74, 6) is -0.0645. The fraction of sp³-hybridized carbons (Fsp3) is 0.615. The largest absolute Gasteiger partial charge is 0.351 e. The minimum absolute atomic E-state index is 0.0645. The van der Waals surface area contributed by atoms with E-state index in [-0.39, 0.29) is 11.3 Å². The van der Waals surface area contributed by atoms with E-state index < -0.39 is 0 Å². The van der Waals surface area contributed by atoms with Crippen molar-refractivity contribution in [2.24, 2.45) is 5.41 Å². The highest BCUT2D eigenvalue weighted by Gasteiger charge is 2.26. The average molecular weight is 353 g/mol. The first kappa shape index (κ1) is 16.0. The van der Waals surface area contributed by atoms with Crippen molar-refractivity contribution in [1.82, 2.24) is 5.32 Å². The van der Waals surface area contributed by atoms with Gasteiger partial charge in [-0.25, -0.2) is 0 Å². The molecule has 18 heavy (non-hydrogen) atoms. The van der Waals surface area contributed by atoms with Crippen LogP contribution in [0.1, 0.15) is 41.9 Å². The van der Waals surface area contributed by atoms with Gasteiger partial charge in [-0.3, -0.25) is 4.79 Å². The molecule has 0 spiro atoms. The standard InChI is InChI=1S/C13H19BrClNOS/c1-4-13(5-2,7-14)8-16-12(17)11-10(15)9(3)6-18-11/h6H,4-5,7-8H2,1-3H3,(H,16,17). The van der Waals surface area contributed by atoms with Crippen molar-refractivity contribution in [2.75, 3.05) is 11.9 Å². The lowest BCUT2D eigenvalue weighted by atomic mass is 9.84. The Bertz CT molecular complexity index is 407. The van der Waals surface area contributed by atoms with Gasteiger partial charge in [0, 0.05) is 11.9 Å². The van der Waals surface area contributed by atoms with Gasteiger partial charge in [0.05, 0.1) is 5.02 Å². The zero-order valence-electron chi connectivity index (χ0n) is 11.0. The zero-order valence-corrected chi connectivity index (χ0v) is 14.1. The summed E-state index contributed by atoms with van der Waals surface area (Å²) in [5, 5.41) is 6.39. The quantitative estimate of drug-likeness (QED) is 0.742. The number of nitrogens with one attached hydrogen (secondary N) is 1. The maximum atomic E-state index is 12.1. The lowest BCUT2D eigenvalue weighted by molar-refractivity contribution is 0.0936. The molecule has 2 nitrogen and oxygen atoms in total. The molecule has 0 aliphatic rings. The number of carbonyl (C=O) groups excluding carboxylic acids is 1. The van der Waals surface area contributed by atoms with Crippen molar-refractivity contribution in [1.29, 1.82) is 0 Å². The highest BCUT2D eigenvalue weighted by atomic mass is 79.9. The van der Waals surface area contributed by atoms with Gasteiger partial charge in [-0.2, -0.15) is 0 Å². The third-order valence-electron chi connectivity index (χ3n) is 3.51. The van der Waals surface area contributed by atoms with Crippen LogP contribution in [0, 0.1) is 12.3 Å². The van der Waals surface area contributed by atoms with Crippen molar-refractivity contribution in [3.05, 3.63) is 20.8 Å². The summed E-state index contributed by atoms with van der Waals surface area (Å²) in [6.07, 6.45) is 2.07. The lowest BCUT2D eigenvalue weighted by Crippen LogP contribution is -2.38. The molecule has 1 N–H and O–H groups in total. The Morgan fingerprint density at radius 1 is 1.50 bits per heavy atom. The van der Waals surface area contributed by atoms with Crippen LogP contribution in [0.3, 0.4) is 0 Å². The van der Waals surface area contributed by atoms with Crippen LogP contribution in [0.2, 0.25) is 5.02 Å². The molecule has 0 unspecified atom stereocenters. The second-order valence-electron chi connectivity index (χ2n) is 4.59. The Kier molecular flexibility index (Phi) is 6.15. The van der Waals surface area contributed by atoms with Crippen molar-refractivity contribution in [3.63, 3.8) is 0 Å². The topological polar surface area (TPSA) is 29.1 Å². The summed E-state index contributed by atoms with van der Waals surface area (Å²) in [6, 6.07) is 0. The minimum Gasteiger partial charge on any atom is -0.351 e. The van der Waals surface area contributed by atoms with Gasteiger partial charge in [0.1, 0.15) is 4.88 Å². The van der Waals surface area contributed by atoms with Crippen molar-refractivity contribution < 1.29 is 4.79 Å². The SMILES string of the molecule is CCC(CC)(CBr)CNC(=O)c1scc(C)c1Cl. The molecule has 0 radical (unpaired) electrons. The van der Waals surface area contributed by atoms with Crippen LogP contribution in [-0.4, -0.2) is 17.8 Å². The Morgan fingerprint density at radius 2 is 2.11 bits per heavy atom. The van der Waals surface area contributed by atoms with E-state index in [9.17, 15) is 4.79 Å². The fourth-order valence-electron chi connectivity index (χ4n) is 1.67. The summed E-state index contributed by atoms with van der Waals surface area (Å²) in [5.41, 5.74) is 1.10. The van der Waals surface area contributed by atoms with Crippen molar-refractivity contribution in [2.45, 2.75) is 33.6 Å². The molecule has 0 saturated heterocycles. The van der Waals surface area contributed by atoms with Gasteiger partial charge in [-0.05, 0) is 36.1 Å². The highest BCUT2D eigenvalue weighted by Crippen LogP contribution is 2.29. The summed E-state index contributed by atoms with van der Waals surface area (Å²) in [4.78, 5) is 12.7. The van der Waals surface area contributed by atoms with Crippen LogP contribution < -0.4 is 5.32 Å². The number of aryl methyl sites for hydroxylation is 1. The molecule has 0 atom stereocenters. The predicted octanol–water partition coefficient (Wildman–Crippen LogP) is 4.64. The Labute approximate surface area is 126 Å². The maximum Gasteiger partial charge on any atom is 0.262 e. The molecular formula is C13H19BrClNOS. The average Bonchev–Trinajstić information content (AvgIpc) is 2.72. The maximum absolute atomic E-state index is 12.1. The monoisotopic (exact) mass is 351 g/mol. The third-order valence-corrected chi connectivity index (χ3v) is 6.40. The summed E-state index contributed by atoms with van der Waals surface area (Å²) < 4.78 is 0. The van der Waals surface area contributed by atoms with E-state index in [2.05, 4.69) is 35.1 Å². The van der Waals surface area contributed by atoms with E-state index >= 15 is 0 Å². The molecule has 0 fully saturated rings. The molecule has 102 valence electrons. The van der Waals surface area contributed by atoms with E-state index in [1.807, 2.05) is 12.3 Å². The van der Waals surface area contributed by atoms with Crippen LogP contribution in [0.15, 0.2) is 5.38 Å². The number of carbonyl (C=O) groups is 1. The van der Waals surface area contributed by atoms with E-state index in [1.165, 1.54) is 11.3 Å². The molecule has 5 heteroatoms. The first-order valence-corrected chi connectivity index (χ1v) is 8.45. The van der Waals surface area contributed by atoms with Crippen LogP contribution >= 0.6 is 38.9 Å². The molecule has 1 amide bonds. The highest BCUT2D eigenvalue weighted by molar-refractivity contribution is 9.09. The minimum atomic E-state index is -0.0645. The van der Waals surface area contributed by atoms with Gasteiger partial charge in [-0.15, -0.1) is 11.3 Å². The predicted molar refractivity (Wildman–Crippen MR) is 83.2 cm³/mol. The molecule has 1 aromatic rings. The van der Waals surface area contributed by atoms with Gasteiger partial charge >= 0.3 is 0 Å². The van der Waals surface area contributed by atoms with Gasteiger partial charge in [0.15, 0.2) is 0 Å². The molecule has 1 aromatic heterocycles. The van der Waals surface area contributed by atoms with Crippen molar-refractivity contribution in [3.8, 4) is 0 Å². The number of rotatable bonds is 6. The number of hydrogen-bond donors (Lipinski definition) is 1. The third kappa shape index (κ3) is 3.49. The van der Waals surface area contributed by atoms with E-state index in [0.29, 0.717) is 16.4 Å². The zero-order chi connectivity index (χ0) is 13.8. The molecule has 0 aliphatic carbocycles. The van der Waals surface area contributed by atoms with Crippen LogP contribution in [0.25, 0.3) is 0 Å². The second-order valence-corrected chi connectivity index (χ2v) is 6.40. The molecule has 1 rings (SSSR count). The normalized spacial score (nSPS) is 11.6. The number of thiophene rings is 1. The van der Waals surface area contributed by atoms with E-state index in [0.717, 1.165) is 23.7 Å². The van der Waals surface area contributed by atoms with E-state index in [1.54, 1.807) is 0 Å². The molecule has 0 aliphatic heterocycles. The number of hydrogen-bond acceptors (Lipinski definition) is 2. The Balaban J connectivity index is 2.69. The van der Waals surface area contributed by atoms with Crippen molar-refractivity contribution >= 4 is 44.8 Å². The van der Waals surface area contributed by atoms with Crippen LogP contribution in [0.5, 0.6) is 0 Å². The summed E-state index contributed by atoms with van der Waals surface area (Å²) in [6.45, 7) is 6.90. The first-order valence-electron chi connectivity index (χ1n) is 6.07. The smallest absolute Gasteiger partial charge is 0.262 e. The molecule has 0 saturated carbocycles. The van der Waals surface area contributed by atoms with Gasteiger partial charge in [-0.1, -0.05) is 41.4 Å². The van der Waals surface area contributed by atoms with E-state index in [4.69, 9.17) is 11.6 Å². The lowest BCUT2D eigenvalue weighted by Gasteiger charge is -2.29. The molecule has 0 bridgehead atoms. The van der Waals surface area contributed by atoms with Gasteiger partial charge < -0.3 is 5.32 Å². The number of amides is 1. The molecule has 1 heterocycles. The second kappa shape index (κ2) is 6.92. The number of alkyl halides is 1. The first-order chi connectivity index (χ1) is 8.49. The number of halogens is 2. The van der Waals surface area contributed by atoms with Crippen LogP contribution in [-0.2, 0) is 0 Å². The van der Waals surface area contributed by atoms with Gasteiger partial charge in [0.25, 0.3) is 5.91 Å². The molecular weight excluding hydrogens is 334 g/mol. The Morgan fingerprint density at radius 3 is 2.50 bits per heavy atom. The Hall–Kier alpha value is -0.0600. The fourth-order valence-corrected chi connectivity index (χ4v) is 3.85. The molecule has 0 aromatic carbocycles. The summed E-state index contributed by atoms with van der Waals surface area (Å²) in [7, 11) is 0. The summed E-state index contributed by atoms with van der Waals surface area (Å²) >= 11 is 11.0. The van der Waals surface area contributed by atoms with Gasteiger partial charge in [0.2, 0.25) is 0 Å².